The molecule has 0 heterocycles. The van der Waals surface area contributed by atoms with Crippen LogP contribution in [0.4, 0.5) is 0 Å². The van der Waals surface area contributed by atoms with Gasteiger partial charge in [-0.3, -0.25) is 4.79 Å². The highest BCUT2D eigenvalue weighted by molar-refractivity contribution is 5.69. The Labute approximate surface area is 172 Å². The lowest BCUT2D eigenvalue weighted by Gasteiger charge is -2.61. The Morgan fingerprint density at radius 3 is 2.50 bits per heavy atom. The molecule has 0 aromatic heterocycles. The minimum Gasteiger partial charge on any atom is -0.469 e. The van der Waals surface area contributed by atoms with Crippen LogP contribution < -0.4 is 0 Å². The number of ether oxygens (including phenoxy) is 1. The molecule has 0 aromatic rings. The summed E-state index contributed by atoms with van der Waals surface area (Å²) in [6, 6.07) is 0. The van der Waals surface area contributed by atoms with Crippen molar-refractivity contribution in [2.45, 2.75) is 97.5 Å². The van der Waals surface area contributed by atoms with Gasteiger partial charge in [0, 0.05) is 6.42 Å². The number of hydrogen-bond acceptors (Lipinski definition) is 3. The lowest BCUT2D eigenvalue weighted by molar-refractivity contribution is -0.142. The van der Waals surface area contributed by atoms with E-state index in [0.29, 0.717) is 23.2 Å². The Balaban J connectivity index is 1.49. The summed E-state index contributed by atoms with van der Waals surface area (Å²) in [5, 5.41) is 10.4. The van der Waals surface area contributed by atoms with E-state index in [4.69, 9.17) is 4.74 Å². The number of esters is 1. The van der Waals surface area contributed by atoms with Crippen molar-refractivity contribution >= 4 is 5.97 Å². The van der Waals surface area contributed by atoms with Gasteiger partial charge in [0.1, 0.15) is 0 Å². The molecule has 1 N–H and O–H groups in total. The Hall–Kier alpha value is -0.570. The number of carbonyl (C=O) groups is 1. The van der Waals surface area contributed by atoms with Crippen LogP contribution in [0.3, 0.4) is 0 Å². The second-order valence-corrected chi connectivity index (χ2v) is 11.4. The van der Waals surface area contributed by atoms with Crippen molar-refractivity contribution in [1.29, 1.82) is 0 Å². The summed E-state index contributed by atoms with van der Waals surface area (Å²) >= 11 is 0. The number of methoxy groups -OCH3 is 1. The highest BCUT2D eigenvalue weighted by Crippen LogP contribution is 2.68. The van der Waals surface area contributed by atoms with Gasteiger partial charge in [0.15, 0.2) is 0 Å². The minimum atomic E-state index is -0.0667. The first-order valence-corrected chi connectivity index (χ1v) is 12.0. The van der Waals surface area contributed by atoms with Gasteiger partial charge < -0.3 is 9.84 Å². The third kappa shape index (κ3) is 3.24. The summed E-state index contributed by atoms with van der Waals surface area (Å²) in [6.07, 6.45) is 13.0. The molecule has 0 aromatic carbocycles. The molecule has 4 aliphatic carbocycles. The van der Waals surface area contributed by atoms with E-state index in [2.05, 4.69) is 20.8 Å². The highest BCUT2D eigenvalue weighted by Gasteiger charge is 2.60. The van der Waals surface area contributed by atoms with Crippen molar-refractivity contribution in [2.24, 2.45) is 46.3 Å². The molecule has 160 valence electrons. The zero-order valence-corrected chi connectivity index (χ0v) is 18.6. The fraction of sp³-hybridized carbons (Fsp3) is 0.960. The molecule has 0 spiro atoms. The molecule has 4 saturated carbocycles. The molecule has 28 heavy (non-hydrogen) atoms. The predicted molar refractivity (Wildman–Crippen MR) is 112 cm³/mol. The van der Waals surface area contributed by atoms with Crippen LogP contribution in [0.15, 0.2) is 0 Å². The second-order valence-electron chi connectivity index (χ2n) is 11.4. The standard InChI is InChI=1S/C25H42O3/c1-16(5-12-23(27)28-4)20-10-11-21-19-9-7-17-6-8-18(26)15-25(17,3)22(19)13-14-24(20,21)2/h16-22,26H,5-15H2,1-4H3/t16-,17+,18?,19+,20-,21+,22+,24-,25+/m1/s1. The fourth-order valence-electron chi connectivity index (χ4n) is 8.95. The molecule has 4 fully saturated rings. The van der Waals surface area contributed by atoms with E-state index in [1.54, 1.807) is 0 Å². The number of aliphatic hydroxyl groups is 1. The molecular formula is C25H42O3. The molecule has 0 radical (unpaired) electrons. The minimum absolute atomic E-state index is 0.0580. The molecular weight excluding hydrogens is 348 g/mol. The lowest BCUT2D eigenvalue weighted by Crippen LogP contribution is -2.54. The van der Waals surface area contributed by atoms with Gasteiger partial charge >= 0.3 is 5.97 Å². The van der Waals surface area contributed by atoms with E-state index in [0.717, 1.165) is 48.9 Å². The van der Waals surface area contributed by atoms with E-state index in [-0.39, 0.29) is 12.1 Å². The molecule has 0 saturated heterocycles. The molecule has 3 heteroatoms. The molecule has 4 aliphatic rings. The second kappa shape index (κ2) is 7.60. The third-order valence-electron chi connectivity index (χ3n) is 10.4. The lowest BCUT2D eigenvalue weighted by atomic mass is 9.44. The molecule has 0 amide bonds. The van der Waals surface area contributed by atoms with Crippen molar-refractivity contribution in [3.8, 4) is 0 Å². The number of rotatable bonds is 4. The summed E-state index contributed by atoms with van der Waals surface area (Å²) in [6.45, 7) is 7.50. The van der Waals surface area contributed by atoms with E-state index in [9.17, 15) is 9.90 Å². The quantitative estimate of drug-likeness (QED) is 0.636. The number of carbonyl (C=O) groups excluding carboxylic acids is 1. The van der Waals surface area contributed by atoms with Gasteiger partial charge in [0.25, 0.3) is 0 Å². The number of hydrogen-bond donors (Lipinski definition) is 1. The smallest absolute Gasteiger partial charge is 0.305 e. The van der Waals surface area contributed by atoms with Gasteiger partial charge in [-0.1, -0.05) is 20.8 Å². The molecule has 0 aliphatic heterocycles. The Bertz CT molecular complexity index is 588. The molecule has 1 unspecified atom stereocenters. The summed E-state index contributed by atoms with van der Waals surface area (Å²) in [5.41, 5.74) is 0.823. The first-order valence-electron chi connectivity index (χ1n) is 12.0. The van der Waals surface area contributed by atoms with E-state index >= 15 is 0 Å². The first kappa shape index (κ1) is 20.7. The monoisotopic (exact) mass is 390 g/mol. The number of aliphatic hydroxyl groups excluding tert-OH is 1. The van der Waals surface area contributed by atoms with E-state index < -0.39 is 0 Å². The van der Waals surface area contributed by atoms with Crippen LogP contribution in [0.25, 0.3) is 0 Å². The molecule has 4 rings (SSSR count). The van der Waals surface area contributed by atoms with Crippen LogP contribution in [0.5, 0.6) is 0 Å². The van der Waals surface area contributed by atoms with Crippen molar-refractivity contribution < 1.29 is 14.6 Å². The Kier molecular flexibility index (Phi) is 5.61. The van der Waals surface area contributed by atoms with Gasteiger partial charge in [-0.2, -0.15) is 0 Å². The van der Waals surface area contributed by atoms with Gasteiger partial charge in [-0.15, -0.1) is 0 Å². The van der Waals surface area contributed by atoms with E-state index in [1.165, 1.54) is 52.1 Å². The molecule has 3 nitrogen and oxygen atoms in total. The normalized spacial score (nSPS) is 48.9. The SMILES string of the molecule is COC(=O)CC[C@@H](C)[C@H]1CC[C@H]2[C@@H]3CC[C@@H]4CCC(O)C[C@]4(C)[C@H]3CC[C@]12C. The maximum absolute atomic E-state index is 11.6. The van der Waals surface area contributed by atoms with Crippen LogP contribution in [0, 0.1) is 46.3 Å². The zero-order valence-electron chi connectivity index (χ0n) is 18.6. The van der Waals surface area contributed by atoms with Crippen molar-refractivity contribution in [3.05, 3.63) is 0 Å². The van der Waals surface area contributed by atoms with Crippen LogP contribution in [-0.2, 0) is 9.53 Å². The topological polar surface area (TPSA) is 46.5 Å². The van der Waals surface area contributed by atoms with Gasteiger partial charge in [-0.05, 0) is 111 Å². The number of fused-ring (bicyclic) bond motifs is 5. The van der Waals surface area contributed by atoms with E-state index in [1.807, 2.05) is 0 Å². The summed E-state index contributed by atoms with van der Waals surface area (Å²) in [7, 11) is 1.50. The zero-order chi connectivity index (χ0) is 20.1. The maximum atomic E-state index is 11.6. The first-order chi connectivity index (χ1) is 13.3. The van der Waals surface area contributed by atoms with Crippen LogP contribution >= 0.6 is 0 Å². The summed E-state index contributed by atoms with van der Waals surface area (Å²) in [4.78, 5) is 11.6. The Morgan fingerprint density at radius 1 is 1.04 bits per heavy atom. The third-order valence-corrected chi connectivity index (χ3v) is 10.4. The largest absolute Gasteiger partial charge is 0.469 e. The van der Waals surface area contributed by atoms with Gasteiger partial charge in [0.2, 0.25) is 0 Å². The van der Waals surface area contributed by atoms with Crippen molar-refractivity contribution in [3.63, 3.8) is 0 Å². The van der Waals surface area contributed by atoms with Gasteiger partial charge in [-0.25, -0.2) is 0 Å². The highest BCUT2D eigenvalue weighted by atomic mass is 16.5. The van der Waals surface area contributed by atoms with Crippen LogP contribution in [-0.4, -0.2) is 24.3 Å². The van der Waals surface area contributed by atoms with Gasteiger partial charge in [0.05, 0.1) is 13.2 Å². The average Bonchev–Trinajstić information content (AvgIpc) is 3.02. The summed E-state index contributed by atoms with van der Waals surface area (Å²) in [5.74, 6) is 4.69. The molecule has 0 bridgehead atoms. The van der Waals surface area contributed by atoms with Crippen LogP contribution in [0.2, 0.25) is 0 Å². The van der Waals surface area contributed by atoms with Crippen molar-refractivity contribution in [1.82, 2.24) is 0 Å². The van der Waals surface area contributed by atoms with Crippen LogP contribution in [0.1, 0.15) is 91.4 Å². The van der Waals surface area contributed by atoms with Crippen molar-refractivity contribution in [2.75, 3.05) is 7.11 Å². The predicted octanol–water partition coefficient (Wildman–Crippen LogP) is 5.60. The maximum Gasteiger partial charge on any atom is 0.305 e. The summed E-state index contributed by atoms with van der Waals surface area (Å²) < 4.78 is 4.88. The Morgan fingerprint density at radius 2 is 1.75 bits per heavy atom. The fourth-order valence-corrected chi connectivity index (χ4v) is 8.95. The average molecular weight is 391 g/mol. The molecule has 9 atom stereocenters.